The van der Waals surface area contributed by atoms with Crippen LogP contribution in [-0.4, -0.2) is 136 Å². The van der Waals surface area contributed by atoms with Crippen molar-refractivity contribution in [2.45, 2.75) is 108 Å². The Morgan fingerprint density at radius 2 is 1.76 bits per heavy atom. The van der Waals surface area contributed by atoms with Gasteiger partial charge in [-0.05, 0) is 166 Å². The fourth-order valence-electron chi connectivity index (χ4n) is 14.0. The molecule has 5 aliphatic rings. The summed E-state index contributed by atoms with van der Waals surface area (Å²) in [6, 6.07) is 15.1. The number of halogens is 2. The molecule has 0 aliphatic carbocycles. The van der Waals surface area contributed by atoms with Crippen molar-refractivity contribution < 1.29 is 37.7 Å². The average molecular weight is 1120 g/mol. The molecule has 0 saturated carbocycles. The number of fused-ring (bicyclic) bond motifs is 5. The number of imide groups is 1. The molecule has 82 heavy (non-hydrogen) atoms. The molecule has 0 radical (unpaired) electrons. The number of carbonyl (C=O) groups is 3. The molecule has 426 valence electrons. The zero-order chi connectivity index (χ0) is 56.4. The number of likely N-dealkylation sites (tertiary alicyclic amines) is 2. The molecule has 1 unspecified atom stereocenters. The van der Waals surface area contributed by atoms with Crippen LogP contribution in [-0.2, 0) is 34.3 Å². The number of amides is 3. The molecule has 3 amide bonds. The zero-order valence-electron chi connectivity index (χ0n) is 46.1. The first-order valence-electron chi connectivity index (χ1n) is 28.9. The summed E-state index contributed by atoms with van der Waals surface area (Å²) in [5.74, 6) is -0.923. The summed E-state index contributed by atoms with van der Waals surface area (Å²) in [6.07, 6.45) is 12.9. The number of nitrogens with zero attached hydrogens (tertiary/aromatic N) is 9. The highest BCUT2D eigenvalue weighted by atomic mass is 19.1. The molecule has 5 saturated heterocycles. The first kappa shape index (κ1) is 53.3. The number of aromatic amines is 1. The highest BCUT2D eigenvalue weighted by Gasteiger charge is 2.50. The van der Waals surface area contributed by atoms with E-state index in [9.17, 15) is 24.3 Å². The van der Waals surface area contributed by atoms with E-state index in [0.717, 1.165) is 99.7 Å². The molecule has 13 rings (SSSR count). The fraction of sp³-hybridized carbons (Fsp3) is 0.443. The van der Waals surface area contributed by atoms with Crippen LogP contribution in [0.25, 0.3) is 55.0 Å². The maximum absolute atomic E-state index is 17.3. The maximum Gasteiger partial charge on any atom is 0.409 e. The normalized spacial score (nSPS) is 21.3. The summed E-state index contributed by atoms with van der Waals surface area (Å²) in [6.45, 7) is 7.65. The molecule has 5 fully saturated rings. The lowest BCUT2D eigenvalue weighted by molar-refractivity contribution is -0.135. The minimum atomic E-state index is -0.766. The predicted molar refractivity (Wildman–Crippen MR) is 305 cm³/mol. The molecule has 5 aliphatic heterocycles. The lowest BCUT2D eigenvalue weighted by Gasteiger charge is -2.38. The summed E-state index contributed by atoms with van der Waals surface area (Å²) in [4.78, 5) is 80.0. The van der Waals surface area contributed by atoms with Crippen molar-refractivity contribution in [3.05, 3.63) is 112 Å². The molecule has 0 bridgehead atoms. The zero-order valence-corrected chi connectivity index (χ0v) is 46.1. The first-order valence-corrected chi connectivity index (χ1v) is 28.9. The van der Waals surface area contributed by atoms with Crippen LogP contribution in [0.4, 0.5) is 19.4 Å². The Hall–Kier alpha value is -8.04. The molecule has 0 spiro atoms. The van der Waals surface area contributed by atoms with Gasteiger partial charge in [-0.3, -0.25) is 33.9 Å². The van der Waals surface area contributed by atoms with Gasteiger partial charge in [-0.1, -0.05) is 19.1 Å². The summed E-state index contributed by atoms with van der Waals surface area (Å²) < 4.78 is 48.3. The Morgan fingerprint density at radius 3 is 2.57 bits per heavy atom. The number of carbonyl (C=O) groups excluding carboxylic acids is 3. The average Bonchev–Trinajstić information content (AvgIpc) is 4.17. The van der Waals surface area contributed by atoms with Crippen molar-refractivity contribution in [1.82, 2.24) is 54.1 Å². The van der Waals surface area contributed by atoms with E-state index >= 15 is 8.78 Å². The van der Waals surface area contributed by atoms with Crippen molar-refractivity contribution in [3.63, 3.8) is 0 Å². The molecular formula is C61H66F2N12O7. The number of H-pyrrole nitrogens is 1. The van der Waals surface area contributed by atoms with Crippen LogP contribution in [0.3, 0.4) is 0 Å². The Kier molecular flexibility index (Phi) is 14.1. The smallest absolute Gasteiger partial charge is 0.409 e. The Bertz CT molecular complexity index is 3890. The van der Waals surface area contributed by atoms with Crippen LogP contribution >= 0.6 is 0 Å². The van der Waals surface area contributed by atoms with E-state index in [-0.39, 0.29) is 77.4 Å². The van der Waals surface area contributed by atoms with Crippen LogP contribution in [0.5, 0.6) is 11.8 Å². The summed E-state index contributed by atoms with van der Waals surface area (Å²) in [5.41, 5.74) is 4.18. The third-order valence-corrected chi connectivity index (χ3v) is 18.4. The Labute approximate surface area is 471 Å². The number of phenols is 1. The lowest BCUT2D eigenvalue weighted by atomic mass is 9.88. The number of anilines is 1. The molecule has 4 N–H and O–H groups in total. The second-order valence-corrected chi connectivity index (χ2v) is 23.1. The summed E-state index contributed by atoms with van der Waals surface area (Å²) in [7, 11) is 1.73. The van der Waals surface area contributed by atoms with E-state index < -0.39 is 23.6 Å². The number of aromatic hydroxyl groups is 1. The fourth-order valence-corrected chi connectivity index (χ4v) is 14.0. The highest BCUT2D eigenvalue weighted by Crippen LogP contribution is 2.44. The number of benzene rings is 3. The third kappa shape index (κ3) is 9.73. The first-order chi connectivity index (χ1) is 39.8. The number of rotatable bonds is 14. The number of aromatic nitrogens is 7. The number of hydrogen-bond donors (Lipinski definition) is 4. The van der Waals surface area contributed by atoms with Gasteiger partial charge in [-0.15, -0.1) is 0 Å². The standard InChI is InChI=1S/C61H66F2N12O7/c1-3-42-46(62)9-7-38-26-41(76)28-44(51(38)42)53-52(63)54-45(31-65-53)56(67-30-39-29-66-55-43(39)6-4-20-64-55)70-58(69-54)82-34-61-18-5-21-74(61)40(13-19-61)33-81-60(80)73-24-14-35(15-25-73)32-72-22-16-36(17-23-72)37-8-10-47-49(27-37)71(2)59(79)75(47)48-11-12-50(77)68-57(48)78/h4,6-10,20,26-29,31,35-36,40,48,76H,3,5,11-19,21-25,30,32-34H2,1-2H3,(H,64,66)(H,67,69,70)(H,68,77,78)/t40-,48?,61-/m0/s1. The number of piperidine rings is 3. The Morgan fingerprint density at radius 1 is 0.915 bits per heavy atom. The van der Waals surface area contributed by atoms with Gasteiger partial charge < -0.3 is 34.7 Å². The van der Waals surface area contributed by atoms with Gasteiger partial charge in [0.2, 0.25) is 11.8 Å². The van der Waals surface area contributed by atoms with Gasteiger partial charge >= 0.3 is 17.8 Å². The SMILES string of the molecule is CCc1c(F)ccc2cc(O)cc(-c3ncc4c(NCc5c[nH]c6ncccc56)nc(OC[C@@]56CCCN5[C@H](COC(=O)N5CCC(CN7CCC(c8ccc9c(c8)n(C)c(=O)n9C8CCC(=O)NC8=O)CC7)CC5)CC6)nc4c3F)c12. The van der Waals surface area contributed by atoms with E-state index in [2.05, 4.69) is 47.5 Å². The quantitative estimate of drug-likeness (QED) is 0.0750. The number of imidazole rings is 1. The van der Waals surface area contributed by atoms with E-state index in [4.69, 9.17) is 19.4 Å². The Balaban J connectivity index is 0.636. The van der Waals surface area contributed by atoms with Gasteiger partial charge in [0.05, 0.1) is 22.0 Å². The number of phenolic OH excluding ortho intramolecular Hbond substituents is 1. The predicted octanol–water partition coefficient (Wildman–Crippen LogP) is 8.61. The summed E-state index contributed by atoms with van der Waals surface area (Å²) in [5, 5.41) is 18.8. The highest BCUT2D eigenvalue weighted by molar-refractivity contribution is 6.02. The second-order valence-electron chi connectivity index (χ2n) is 23.1. The molecule has 8 aromatic rings. The minimum Gasteiger partial charge on any atom is -0.508 e. The lowest BCUT2D eigenvalue weighted by Crippen LogP contribution is -2.48. The second kappa shape index (κ2) is 21.7. The summed E-state index contributed by atoms with van der Waals surface area (Å²) >= 11 is 0. The van der Waals surface area contributed by atoms with Crippen LogP contribution in [0.15, 0.2) is 78.0 Å². The molecular weight excluding hydrogens is 1050 g/mol. The topological polar surface area (TPSA) is 218 Å². The number of pyridine rings is 2. The molecule has 19 nitrogen and oxygen atoms in total. The van der Waals surface area contributed by atoms with Crippen LogP contribution in [0, 0.1) is 17.6 Å². The van der Waals surface area contributed by atoms with Crippen LogP contribution < -0.4 is 21.1 Å². The monoisotopic (exact) mass is 1120 g/mol. The van der Waals surface area contributed by atoms with Crippen molar-refractivity contribution in [2.24, 2.45) is 13.0 Å². The van der Waals surface area contributed by atoms with E-state index in [1.165, 1.54) is 34.5 Å². The van der Waals surface area contributed by atoms with E-state index in [1.807, 2.05) is 36.2 Å². The largest absolute Gasteiger partial charge is 0.508 e. The third-order valence-electron chi connectivity index (χ3n) is 18.4. The van der Waals surface area contributed by atoms with Gasteiger partial charge in [-0.25, -0.2) is 23.4 Å². The van der Waals surface area contributed by atoms with Gasteiger partial charge in [0, 0.05) is 75.2 Å². The molecule has 5 aromatic heterocycles. The molecule has 21 heteroatoms. The van der Waals surface area contributed by atoms with Gasteiger partial charge in [0.15, 0.2) is 5.82 Å². The molecule has 3 atom stereocenters. The number of aryl methyl sites for hydroxylation is 2. The minimum absolute atomic E-state index is 0.00435. The van der Waals surface area contributed by atoms with Crippen molar-refractivity contribution in [1.29, 1.82) is 0 Å². The van der Waals surface area contributed by atoms with Gasteiger partial charge in [-0.2, -0.15) is 9.97 Å². The van der Waals surface area contributed by atoms with Crippen molar-refractivity contribution >= 4 is 67.5 Å². The van der Waals surface area contributed by atoms with Crippen molar-refractivity contribution in [2.75, 3.05) is 57.8 Å². The van der Waals surface area contributed by atoms with Crippen molar-refractivity contribution in [3.8, 4) is 23.0 Å². The van der Waals surface area contributed by atoms with E-state index in [0.29, 0.717) is 77.4 Å². The van der Waals surface area contributed by atoms with E-state index in [1.54, 1.807) is 23.9 Å². The van der Waals surface area contributed by atoms with Gasteiger partial charge in [0.1, 0.15) is 53.5 Å². The number of ether oxygens (including phenoxy) is 2. The van der Waals surface area contributed by atoms with Gasteiger partial charge in [0.25, 0.3) is 0 Å². The number of nitrogens with one attached hydrogen (secondary N) is 3. The number of hydrogen-bond acceptors (Lipinski definition) is 14. The molecule has 3 aromatic carbocycles. The van der Waals surface area contributed by atoms with Crippen LogP contribution in [0.1, 0.15) is 99.8 Å². The molecule has 10 heterocycles. The maximum atomic E-state index is 17.3. The van der Waals surface area contributed by atoms with Crippen LogP contribution in [0.2, 0.25) is 0 Å².